The quantitative estimate of drug-likeness (QED) is 0.366. The Kier molecular flexibility index (Phi) is 5.51. The predicted octanol–water partition coefficient (Wildman–Crippen LogP) is 3.32. The van der Waals surface area contributed by atoms with Crippen molar-refractivity contribution in [3.63, 3.8) is 0 Å². The van der Waals surface area contributed by atoms with E-state index in [4.69, 9.17) is 11.0 Å². The first kappa shape index (κ1) is 20.6. The molecule has 32 heavy (non-hydrogen) atoms. The van der Waals surface area contributed by atoms with E-state index < -0.39 is 17.6 Å². The lowest BCUT2D eigenvalue weighted by Gasteiger charge is -2.05. The third-order valence-electron chi connectivity index (χ3n) is 5.10. The van der Waals surface area contributed by atoms with Crippen LogP contribution in [0.3, 0.4) is 0 Å². The number of benzene rings is 2. The highest BCUT2D eigenvalue weighted by atomic mass is 16.2. The largest absolute Gasteiger partial charge is 0.366 e. The summed E-state index contributed by atoms with van der Waals surface area (Å²) in [6.07, 6.45) is 2.37. The summed E-state index contributed by atoms with van der Waals surface area (Å²) in [5, 5.41) is 11.5. The molecule has 2 amide bonds. The summed E-state index contributed by atoms with van der Waals surface area (Å²) < 4.78 is 1.88. The number of ketones is 1. The zero-order chi connectivity index (χ0) is 22.7. The van der Waals surface area contributed by atoms with Crippen LogP contribution in [0.15, 0.2) is 79.0 Å². The highest BCUT2D eigenvalue weighted by Crippen LogP contribution is 2.21. The molecule has 4 rings (SSSR count). The fourth-order valence-electron chi connectivity index (χ4n) is 3.48. The molecule has 0 saturated heterocycles. The van der Waals surface area contributed by atoms with Crippen LogP contribution in [0.4, 0.5) is 5.69 Å². The van der Waals surface area contributed by atoms with Gasteiger partial charge in [-0.25, -0.2) is 0 Å². The van der Waals surface area contributed by atoms with Crippen molar-refractivity contribution < 1.29 is 14.4 Å². The summed E-state index contributed by atoms with van der Waals surface area (Å²) in [6.45, 7) is 0. The Balaban J connectivity index is 1.60. The van der Waals surface area contributed by atoms with Gasteiger partial charge in [0.25, 0.3) is 11.7 Å². The van der Waals surface area contributed by atoms with Crippen molar-refractivity contribution in [3.05, 3.63) is 107 Å². The molecule has 0 aliphatic heterocycles. The topological polar surface area (TPSA) is 117 Å². The van der Waals surface area contributed by atoms with Crippen molar-refractivity contribution in [3.8, 4) is 6.07 Å². The van der Waals surface area contributed by atoms with E-state index in [2.05, 4.69) is 11.4 Å². The average molecular weight is 422 g/mol. The molecule has 7 heteroatoms. The van der Waals surface area contributed by atoms with Gasteiger partial charge in [0.15, 0.2) is 0 Å². The lowest BCUT2D eigenvalue weighted by molar-refractivity contribution is -0.112. The number of primary amides is 1. The number of Topliss-reactive ketones (excluding diaryl/α,β-unsaturated/α-hetero) is 1. The third kappa shape index (κ3) is 4.11. The van der Waals surface area contributed by atoms with Gasteiger partial charge in [-0.15, -0.1) is 0 Å². The van der Waals surface area contributed by atoms with Gasteiger partial charge >= 0.3 is 0 Å². The highest BCUT2D eigenvalue weighted by molar-refractivity contribution is 6.47. The SMILES string of the molecule is N#Cc1ccc(Cc2cc(C(=O)C(=O)Nc3ccc(C(N)=O)cc3)c3ccccn23)cc1. The minimum absolute atomic E-state index is 0.292. The lowest BCUT2D eigenvalue weighted by atomic mass is 10.1. The first-order chi connectivity index (χ1) is 15.5. The van der Waals surface area contributed by atoms with Gasteiger partial charge in [-0.1, -0.05) is 18.2 Å². The number of anilines is 1. The summed E-state index contributed by atoms with van der Waals surface area (Å²) in [6, 6.07) is 22.4. The van der Waals surface area contributed by atoms with E-state index in [1.54, 1.807) is 30.3 Å². The number of amides is 2. The van der Waals surface area contributed by atoms with Crippen LogP contribution in [0.1, 0.15) is 37.5 Å². The molecule has 0 aliphatic rings. The van der Waals surface area contributed by atoms with Crippen LogP contribution in [0.5, 0.6) is 0 Å². The molecule has 0 saturated carbocycles. The van der Waals surface area contributed by atoms with Crippen molar-refractivity contribution >= 4 is 28.8 Å². The molecule has 2 aromatic carbocycles. The molecule has 0 radical (unpaired) electrons. The molecule has 7 nitrogen and oxygen atoms in total. The van der Waals surface area contributed by atoms with E-state index in [-0.39, 0.29) is 0 Å². The molecule has 3 N–H and O–H groups in total. The molecular weight excluding hydrogens is 404 g/mol. The maximum Gasteiger partial charge on any atom is 0.296 e. The molecular formula is C25H18N4O3. The van der Waals surface area contributed by atoms with Crippen LogP contribution in [0, 0.1) is 11.3 Å². The van der Waals surface area contributed by atoms with E-state index in [1.165, 1.54) is 24.3 Å². The van der Waals surface area contributed by atoms with E-state index in [0.29, 0.717) is 34.3 Å². The van der Waals surface area contributed by atoms with Gasteiger partial charge in [0.1, 0.15) is 0 Å². The molecule has 156 valence electrons. The number of nitriles is 1. The first-order valence-electron chi connectivity index (χ1n) is 9.80. The van der Waals surface area contributed by atoms with Crippen molar-refractivity contribution in [2.75, 3.05) is 5.32 Å². The Bertz CT molecular complexity index is 1380. The van der Waals surface area contributed by atoms with Crippen molar-refractivity contribution in [1.82, 2.24) is 4.40 Å². The monoisotopic (exact) mass is 422 g/mol. The summed E-state index contributed by atoms with van der Waals surface area (Å²) in [7, 11) is 0. The van der Waals surface area contributed by atoms with Gasteiger partial charge in [-0.3, -0.25) is 14.4 Å². The van der Waals surface area contributed by atoms with E-state index in [1.807, 2.05) is 28.8 Å². The summed E-state index contributed by atoms with van der Waals surface area (Å²) in [5.41, 5.74) is 9.22. The summed E-state index contributed by atoms with van der Waals surface area (Å²) in [4.78, 5) is 36.8. The maximum atomic E-state index is 13.0. The minimum Gasteiger partial charge on any atom is -0.366 e. The van der Waals surface area contributed by atoms with Gasteiger partial charge < -0.3 is 15.5 Å². The van der Waals surface area contributed by atoms with Crippen LogP contribution in [-0.4, -0.2) is 22.0 Å². The molecule has 2 heterocycles. The number of nitrogens with zero attached hydrogens (tertiary/aromatic N) is 2. The van der Waals surface area contributed by atoms with Crippen molar-refractivity contribution in [2.24, 2.45) is 5.73 Å². The molecule has 0 spiro atoms. The van der Waals surface area contributed by atoms with E-state index in [9.17, 15) is 14.4 Å². The number of carbonyl (C=O) groups excluding carboxylic acids is 3. The number of nitrogens with one attached hydrogen (secondary N) is 1. The van der Waals surface area contributed by atoms with Gasteiger partial charge in [0, 0.05) is 29.6 Å². The second-order valence-electron chi connectivity index (χ2n) is 7.22. The number of aromatic nitrogens is 1. The Morgan fingerprint density at radius 2 is 1.69 bits per heavy atom. The Hall–Kier alpha value is -4.70. The lowest BCUT2D eigenvalue weighted by Crippen LogP contribution is -2.22. The molecule has 2 aromatic heterocycles. The van der Waals surface area contributed by atoms with Crippen LogP contribution in [0.25, 0.3) is 5.52 Å². The fourth-order valence-corrected chi connectivity index (χ4v) is 3.48. The number of fused-ring (bicyclic) bond motifs is 1. The van der Waals surface area contributed by atoms with Crippen LogP contribution in [0.2, 0.25) is 0 Å². The van der Waals surface area contributed by atoms with Gasteiger partial charge in [0.05, 0.1) is 22.7 Å². The molecule has 4 aromatic rings. The molecule has 0 aliphatic carbocycles. The summed E-state index contributed by atoms with van der Waals surface area (Å²) >= 11 is 0. The average Bonchev–Trinajstić information content (AvgIpc) is 3.17. The molecule has 0 unspecified atom stereocenters. The zero-order valence-electron chi connectivity index (χ0n) is 16.9. The number of pyridine rings is 1. The van der Waals surface area contributed by atoms with Crippen LogP contribution in [-0.2, 0) is 11.2 Å². The number of hydrogen-bond donors (Lipinski definition) is 2. The van der Waals surface area contributed by atoms with E-state index in [0.717, 1.165) is 11.3 Å². The molecule has 0 atom stereocenters. The summed E-state index contributed by atoms with van der Waals surface area (Å²) in [5.74, 6) is -2.02. The van der Waals surface area contributed by atoms with Gasteiger partial charge in [-0.2, -0.15) is 5.26 Å². The Labute approximate surface area is 183 Å². The number of hydrogen-bond acceptors (Lipinski definition) is 4. The van der Waals surface area contributed by atoms with Crippen LogP contribution >= 0.6 is 0 Å². The second kappa shape index (κ2) is 8.58. The second-order valence-corrected chi connectivity index (χ2v) is 7.22. The van der Waals surface area contributed by atoms with Gasteiger partial charge in [-0.05, 0) is 60.2 Å². The smallest absolute Gasteiger partial charge is 0.296 e. The molecule has 0 fully saturated rings. The van der Waals surface area contributed by atoms with Gasteiger partial charge in [0.2, 0.25) is 5.91 Å². The number of rotatable bonds is 6. The Morgan fingerprint density at radius 1 is 0.969 bits per heavy atom. The number of carbonyl (C=O) groups is 3. The van der Waals surface area contributed by atoms with E-state index >= 15 is 0 Å². The standard InChI is InChI=1S/C25H18N4O3/c26-15-17-6-4-16(5-7-17)13-20-14-21(22-3-1-2-12-29(20)22)23(30)25(32)28-19-10-8-18(9-11-19)24(27)31/h1-12,14H,13H2,(H2,27,31)(H,28,32). The number of nitrogens with two attached hydrogens (primary N) is 1. The Morgan fingerprint density at radius 3 is 2.34 bits per heavy atom. The zero-order valence-corrected chi connectivity index (χ0v) is 16.9. The normalized spacial score (nSPS) is 10.5. The van der Waals surface area contributed by atoms with Crippen molar-refractivity contribution in [2.45, 2.75) is 6.42 Å². The molecule has 0 bridgehead atoms. The first-order valence-corrected chi connectivity index (χ1v) is 9.80. The third-order valence-corrected chi connectivity index (χ3v) is 5.10. The highest BCUT2D eigenvalue weighted by Gasteiger charge is 2.22. The maximum absolute atomic E-state index is 13.0. The fraction of sp³-hybridized carbons (Fsp3) is 0.0400. The van der Waals surface area contributed by atoms with Crippen LogP contribution < -0.4 is 11.1 Å². The predicted molar refractivity (Wildman–Crippen MR) is 119 cm³/mol. The van der Waals surface area contributed by atoms with Crippen molar-refractivity contribution in [1.29, 1.82) is 5.26 Å². The minimum atomic E-state index is -0.780.